The lowest BCUT2D eigenvalue weighted by atomic mass is 10.0. The zero-order valence-electron chi connectivity index (χ0n) is 13.7. The van der Waals surface area contributed by atoms with E-state index < -0.39 is 0 Å². The molecule has 2 aliphatic heterocycles. The van der Waals surface area contributed by atoms with Gasteiger partial charge in [0.15, 0.2) is 0 Å². The molecule has 1 aromatic carbocycles. The molecule has 7 heteroatoms. The van der Waals surface area contributed by atoms with Crippen LogP contribution in [0.5, 0.6) is 0 Å². The number of hydrogen-bond acceptors (Lipinski definition) is 4. The Balaban J connectivity index is 1.71. The van der Waals surface area contributed by atoms with Gasteiger partial charge < -0.3 is 15.5 Å². The molecule has 0 saturated carbocycles. The first-order valence-corrected chi connectivity index (χ1v) is 8.22. The van der Waals surface area contributed by atoms with Crippen LogP contribution in [0.1, 0.15) is 28.8 Å². The number of likely N-dealkylation sites (N-methyl/N-ethyl adjacent to an activating group) is 1. The van der Waals surface area contributed by atoms with Crippen molar-refractivity contribution in [2.45, 2.75) is 25.4 Å². The first kappa shape index (κ1) is 16.4. The Morgan fingerprint density at radius 2 is 2.21 bits per heavy atom. The molecule has 7 nitrogen and oxygen atoms in total. The molecule has 24 heavy (non-hydrogen) atoms. The number of benzene rings is 1. The summed E-state index contributed by atoms with van der Waals surface area (Å²) in [5.74, 6) is -0.251. The van der Waals surface area contributed by atoms with Crippen LogP contribution in [0.4, 0.5) is 4.79 Å². The minimum absolute atomic E-state index is 0.00556. The number of carbonyl (C=O) groups is 3. The molecule has 0 bridgehead atoms. The van der Waals surface area contributed by atoms with Gasteiger partial charge in [0.05, 0.1) is 13.1 Å². The molecule has 4 amide bonds. The van der Waals surface area contributed by atoms with Gasteiger partial charge in [0.2, 0.25) is 5.91 Å². The number of hydrogen-bond donors (Lipinski definition) is 2. The third-order valence-electron chi connectivity index (χ3n) is 4.57. The van der Waals surface area contributed by atoms with E-state index in [2.05, 4.69) is 10.6 Å². The van der Waals surface area contributed by atoms with Crippen molar-refractivity contribution in [3.63, 3.8) is 0 Å². The van der Waals surface area contributed by atoms with Gasteiger partial charge in [0, 0.05) is 24.7 Å². The van der Waals surface area contributed by atoms with Gasteiger partial charge in [-0.05, 0) is 37.6 Å². The summed E-state index contributed by atoms with van der Waals surface area (Å²) in [4.78, 5) is 39.1. The Morgan fingerprint density at radius 3 is 2.92 bits per heavy atom. The molecule has 0 radical (unpaired) electrons. The third kappa shape index (κ3) is 3.41. The summed E-state index contributed by atoms with van der Waals surface area (Å²) >= 11 is 0. The molecule has 1 aromatic rings. The Hall–Kier alpha value is -2.41. The average molecular weight is 330 g/mol. The third-order valence-corrected chi connectivity index (χ3v) is 4.57. The van der Waals surface area contributed by atoms with E-state index in [-0.39, 0.29) is 30.9 Å². The molecule has 0 aliphatic carbocycles. The molecule has 128 valence electrons. The van der Waals surface area contributed by atoms with E-state index in [4.69, 9.17) is 0 Å². The number of imide groups is 1. The van der Waals surface area contributed by atoms with Crippen molar-refractivity contribution in [3.8, 4) is 0 Å². The quantitative estimate of drug-likeness (QED) is 0.791. The Kier molecular flexibility index (Phi) is 4.80. The van der Waals surface area contributed by atoms with E-state index in [1.165, 1.54) is 4.90 Å². The fourth-order valence-corrected chi connectivity index (χ4v) is 3.18. The maximum atomic E-state index is 12.7. The van der Waals surface area contributed by atoms with Crippen molar-refractivity contribution in [1.29, 1.82) is 0 Å². The normalized spacial score (nSPS) is 21.1. The van der Waals surface area contributed by atoms with Crippen molar-refractivity contribution in [1.82, 2.24) is 20.4 Å². The summed E-state index contributed by atoms with van der Waals surface area (Å²) < 4.78 is 0. The van der Waals surface area contributed by atoms with Crippen LogP contribution >= 0.6 is 0 Å². The lowest BCUT2D eigenvalue weighted by molar-refractivity contribution is -0.125. The Bertz CT molecular complexity index is 645. The van der Waals surface area contributed by atoms with Gasteiger partial charge >= 0.3 is 6.03 Å². The highest BCUT2D eigenvalue weighted by Crippen LogP contribution is 2.16. The predicted molar refractivity (Wildman–Crippen MR) is 88.4 cm³/mol. The molecule has 0 aromatic heterocycles. The Morgan fingerprint density at radius 1 is 1.38 bits per heavy atom. The number of nitrogens with zero attached hydrogens (tertiary/aromatic N) is 2. The summed E-state index contributed by atoms with van der Waals surface area (Å²) in [5.41, 5.74) is 1.37. The highest BCUT2D eigenvalue weighted by molar-refractivity contribution is 6.02. The maximum absolute atomic E-state index is 12.7. The number of carbonyl (C=O) groups excluding carboxylic acids is 3. The lowest BCUT2D eigenvalue weighted by Gasteiger charge is -2.32. The fourth-order valence-electron chi connectivity index (χ4n) is 3.18. The second-order valence-corrected chi connectivity index (χ2v) is 6.22. The number of rotatable bonds is 4. The van der Waals surface area contributed by atoms with Gasteiger partial charge in [-0.3, -0.25) is 14.5 Å². The first-order chi connectivity index (χ1) is 11.6. The predicted octanol–water partition coefficient (Wildman–Crippen LogP) is 0.562. The molecule has 0 spiro atoms. The van der Waals surface area contributed by atoms with Crippen LogP contribution in [-0.2, 0) is 11.3 Å². The summed E-state index contributed by atoms with van der Waals surface area (Å²) in [6, 6.07) is 7.11. The van der Waals surface area contributed by atoms with Crippen molar-refractivity contribution < 1.29 is 14.4 Å². The van der Waals surface area contributed by atoms with Gasteiger partial charge in [-0.1, -0.05) is 12.1 Å². The highest BCUT2D eigenvalue weighted by atomic mass is 16.2. The van der Waals surface area contributed by atoms with Gasteiger partial charge in [-0.2, -0.15) is 0 Å². The number of piperidine rings is 1. The number of nitrogens with one attached hydrogen (secondary N) is 2. The molecule has 1 unspecified atom stereocenters. The minimum Gasteiger partial charge on any atom is -0.337 e. The number of likely N-dealkylation sites (tertiary alicyclic amines) is 1. The van der Waals surface area contributed by atoms with E-state index >= 15 is 0 Å². The molecule has 2 saturated heterocycles. The van der Waals surface area contributed by atoms with Gasteiger partial charge in [0.25, 0.3) is 5.91 Å². The van der Waals surface area contributed by atoms with Crippen molar-refractivity contribution >= 4 is 17.8 Å². The van der Waals surface area contributed by atoms with E-state index in [0.29, 0.717) is 18.2 Å². The van der Waals surface area contributed by atoms with E-state index in [9.17, 15) is 14.4 Å². The summed E-state index contributed by atoms with van der Waals surface area (Å²) in [7, 11) is 1.91. The summed E-state index contributed by atoms with van der Waals surface area (Å²) in [5, 5.41) is 5.72. The van der Waals surface area contributed by atoms with E-state index in [1.54, 1.807) is 18.2 Å². The fraction of sp³-hybridized carbons (Fsp3) is 0.471. The van der Waals surface area contributed by atoms with Gasteiger partial charge in [-0.15, -0.1) is 0 Å². The van der Waals surface area contributed by atoms with Crippen molar-refractivity contribution in [2.75, 3.05) is 26.7 Å². The smallest absolute Gasteiger partial charge is 0.324 e. The van der Waals surface area contributed by atoms with E-state index in [0.717, 1.165) is 24.9 Å². The van der Waals surface area contributed by atoms with Crippen LogP contribution in [-0.4, -0.2) is 60.4 Å². The lowest BCUT2D eigenvalue weighted by Crippen LogP contribution is -2.47. The molecule has 1 atom stereocenters. The van der Waals surface area contributed by atoms with Gasteiger partial charge in [-0.25, -0.2) is 4.79 Å². The molecular formula is C17H22N4O3. The summed E-state index contributed by atoms with van der Waals surface area (Å²) in [6.45, 7) is 1.68. The second kappa shape index (κ2) is 7.00. The number of amides is 4. The van der Waals surface area contributed by atoms with Crippen molar-refractivity contribution in [2.24, 2.45) is 0 Å². The topological polar surface area (TPSA) is 81.8 Å². The first-order valence-electron chi connectivity index (χ1n) is 8.22. The molecule has 2 fully saturated rings. The van der Waals surface area contributed by atoms with Crippen LogP contribution in [0.2, 0.25) is 0 Å². The van der Waals surface area contributed by atoms with Gasteiger partial charge in [0.1, 0.15) is 0 Å². The number of urea groups is 1. The minimum atomic E-state index is -0.385. The van der Waals surface area contributed by atoms with E-state index in [1.807, 2.05) is 18.0 Å². The summed E-state index contributed by atoms with van der Waals surface area (Å²) in [6.07, 6.45) is 2.06. The molecule has 2 N–H and O–H groups in total. The monoisotopic (exact) mass is 330 g/mol. The van der Waals surface area contributed by atoms with Crippen LogP contribution in [0.15, 0.2) is 24.3 Å². The molecule has 2 aliphatic rings. The van der Waals surface area contributed by atoms with Crippen LogP contribution in [0.3, 0.4) is 0 Å². The van der Waals surface area contributed by atoms with Crippen LogP contribution < -0.4 is 10.6 Å². The zero-order valence-corrected chi connectivity index (χ0v) is 13.7. The average Bonchev–Trinajstić information content (AvgIpc) is 2.93. The maximum Gasteiger partial charge on any atom is 0.324 e. The molecule has 3 rings (SSSR count). The van der Waals surface area contributed by atoms with Crippen LogP contribution in [0.25, 0.3) is 0 Å². The second-order valence-electron chi connectivity index (χ2n) is 6.22. The standard InChI is InChI=1S/C17H22N4O3/c1-18-14-6-3-7-20(11-14)16(23)13-5-2-4-12(8-13)10-21-15(22)9-19-17(21)24/h2,4-5,8,14,18H,3,6-7,9-11H2,1H3,(H,19,24). The van der Waals surface area contributed by atoms with Crippen molar-refractivity contribution in [3.05, 3.63) is 35.4 Å². The molecule has 2 heterocycles. The highest BCUT2D eigenvalue weighted by Gasteiger charge is 2.29. The SMILES string of the molecule is CNC1CCCN(C(=O)c2cccc(CN3C(=O)CNC3=O)c2)C1. The zero-order chi connectivity index (χ0) is 17.1. The van der Waals surface area contributed by atoms with Crippen LogP contribution in [0, 0.1) is 0 Å². The molecular weight excluding hydrogens is 308 g/mol. The largest absolute Gasteiger partial charge is 0.337 e. The Labute approximate surface area is 141 Å².